The van der Waals surface area contributed by atoms with Crippen molar-refractivity contribution in [3.05, 3.63) is 30.3 Å². The van der Waals surface area contributed by atoms with E-state index in [1.165, 1.54) is 34.4 Å². The average Bonchev–Trinajstić information content (AvgIpc) is 3.15. The van der Waals surface area contributed by atoms with Crippen molar-refractivity contribution in [3.8, 4) is 10.6 Å². The molecule has 0 bridgehead atoms. The lowest BCUT2D eigenvalue weighted by Gasteiger charge is -1.98. The zero-order valence-electron chi connectivity index (χ0n) is 11.1. The Morgan fingerprint density at radius 2 is 1.95 bits per heavy atom. The van der Waals surface area contributed by atoms with Gasteiger partial charge in [-0.1, -0.05) is 64.8 Å². The van der Waals surface area contributed by atoms with Gasteiger partial charge in [-0.15, -0.1) is 20.4 Å². The maximum absolute atomic E-state index is 11.9. The molecular weight excluding hydrogens is 340 g/mol. The molecule has 22 heavy (non-hydrogen) atoms. The molecule has 0 aliphatic carbocycles. The van der Waals surface area contributed by atoms with Gasteiger partial charge in [0.05, 0.1) is 5.75 Å². The monoisotopic (exact) mass is 350 g/mol. The first-order valence-corrected chi connectivity index (χ1v) is 8.73. The summed E-state index contributed by atoms with van der Waals surface area (Å²) in [4.78, 5) is 11.9. The second-order valence-electron chi connectivity index (χ2n) is 4.02. The molecule has 3 aromatic rings. The lowest BCUT2D eigenvalue weighted by molar-refractivity contribution is -0.113. The summed E-state index contributed by atoms with van der Waals surface area (Å²) in [6.07, 6.45) is 0. The summed E-state index contributed by atoms with van der Waals surface area (Å²) in [5.41, 5.74) is 6.45. The third kappa shape index (κ3) is 3.78. The molecule has 112 valence electrons. The van der Waals surface area contributed by atoms with Crippen LogP contribution in [0.1, 0.15) is 0 Å². The standard InChI is InChI=1S/C12H10N6OS3/c13-10-16-18-12(22-10)20-6-8(19)14-11-17-15-9(21-11)7-4-2-1-3-5-7/h1-5H,6H2,(H2,13,16)(H,14,17,19). The quantitative estimate of drug-likeness (QED) is 0.680. The largest absolute Gasteiger partial charge is 0.374 e. The van der Waals surface area contributed by atoms with Crippen LogP contribution >= 0.6 is 34.4 Å². The topological polar surface area (TPSA) is 107 Å². The van der Waals surface area contributed by atoms with Gasteiger partial charge in [0.25, 0.3) is 0 Å². The number of hydrogen-bond donors (Lipinski definition) is 2. The Kier molecular flexibility index (Phi) is 4.61. The maximum atomic E-state index is 11.9. The van der Waals surface area contributed by atoms with Gasteiger partial charge in [-0.3, -0.25) is 10.1 Å². The first-order chi connectivity index (χ1) is 10.7. The van der Waals surface area contributed by atoms with Gasteiger partial charge in [-0.2, -0.15) is 0 Å². The maximum Gasteiger partial charge on any atom is 0.236 e. The van der Waals surface area contributed by atoms with Gasteiger partial charge in [0.1, 0.15) is 5.01 Å². The van der Waals surface area contributed by atoms with E-state index in [9.17, 15) is 4.79 Å². The van der Waals surface area contributed by atoms with Crippen molar-refractivity contribution in [1.29, 1.82) is 0 Å². The first-order valence-electron chi connectivity index (χ1n) is 6.11. The number of anilines is 2. The number of benzene rings is 1. The van der Waals surface area contributed by atoms with E-state index in [1.807, 2.05) is 30.3 Å². The molecular formula is C12H10N6OS3. The van der Waals surface area contributed by atoms with Gasteiger partial charge < -0.3 is 5.73 Å². The minimum atomic E-state index is -0.172. The highest BCUT2D eigenvalue weighted by molar-refractivity contribution is 8.01. The zero-order chi connectivity index (χ0) is 15.4. The molecule has 1 aromatic carbocycles. The molecule has 0 unspecified atom stereocenters. The third-order valence-electron chi connectivity index (χ3n) is 2.44. The van der Waals surface area contributed by atoms with Crippen LogP contribution in [0.15, 0.2) is 34.7 Å². The zero-order valence-corrected chi connectivity index (χ0v) is 13.5. The van der Waals surface area contributed by atoms with Crippen LogP contribution in [0.3, 0.4) is 0 Å². The number of hydrogen-bond acceptors (Lipinski definition) is 9. The van der Waals surface area contributed by atoms with E-state index in [0.717, 1.165) is 10.6 Å². The number of nitrogens with one attached hydrogen (secondary N) is 1. The van der Waals surface area contributed by atoms with Crippen molar-refractivity contribution in [2.24, 2.45) is 0 Å². The normalized spacial score (nSPS) is 10.5. The van der Waals surface area contributed by atoms with Crippen molar-refractivity contribution >= 4 is 50.6 Å². The summed E-state index contributed by atoms with van der Waals surface area (Å²) >= 11 is 3.86. The van der Waals surface area contributed by atoms with Crippen LogP contribution < -0.4 is 11.1 Å². The third-order valence-corrected chi connectivity index (χ3v) is 5.21. The molecule has 0 saturated heterocycles. The van der Waals surface area contributed by atoms with E-state index in [2.05, 4.69) is 25.7 Å². The molecule has 0 radical (unpaired) electrons. The lowest BCUT2D eigenvalue weighted by atomic mass is 10.2. The number of amides is 1. The summed E-state index contributed by atoms with van der Waals surface area (Å²) in [6, 6.07) is 9.69. The van der Waals surface area contributed by atoms with Gasteiger partial charge in [0.15, 0.2) is 4.34 Å². The second kappa shape index (κ2) is 6.81. The Bertz CT molecular complexity index is 772. The SMILES string of the molecule is Nc1nnc(SCC(=O)Nc2nnc(-c3ccccc3)s2)s1. The Balaban J connectivity index is 1.57. The number of carbonyl (C=O) groups excluding carboxylic acids is 1. The fourth-order valence-corrected chi connectivity index (χ4v) is 3.73. The highest BCUT2D eigenvalue weighted by atomic mass is 32.2. The Morgan fingerprint density at radius 1 is 1.14 bits per heavy atom. The molecule has 3 N–H and O–H groups in total. The summed E-state index contributed by atoms with van der Waals surface area (Å²) in [5.74, 6) is 0.0454. The van der Waals surface area contributed by atoms with Crippen molar-refractivity contribution < 1.29 is 4.79 Å². The molecule has 2 heterocycles. The molecule has 0 fully saturated rings. The van der Waals surface area contributed by atoms with Gasteiger partial charge in [0.2, 0.25) is 16.2 Å². The minimum absolute atomic E-state index is 0.172. The number of nitrogens with zero attached hydrogens (tertiary/aromatic N) is 4. The number of aromatic nitrogens is 4. The number of thioether (sulfide) groups is 1. The molecule has 0 aliphatic heterocycles. The fourth-order valence-electron chi connectivity index (χ4n) is 1.53. The number of nitrogens with two attached hydrogens (primary N) is 1. The van der Waals surface area contributed by atoms with E-state index >= 15 is 0 Å². The fraction of sp³-hybridized carbons (Fsp3) is 0.0833. The molecule has 2 aromatic heterocycles. The van der Waals surface area contributed by atoms with E-state index < -0.39 is 0 Å². The average molecular weight is 350 g/mol. The van der Waals surface area contributed by atoms with Gasteiger partial charge >= 0.3 is 0 Å². The lowest BCUT2D eigenvalue weighted by Crippen LogP contribution is -2.13. The highest BCUT2D eigenvalue weighted by Gasteiger charge is 2.11. The summed E-state index contributed by atoms with van der Waals surface area (Å²) < 4.78 is 0.662. The van der Waals surface area contributed by atoms with Crippen molar-refractivity contribution in [2.45, 2.75) is 4.34 Å². The van der Waals surface area contributed by atoms with E-state index in [1.54, 1.807) is 0 Å². The molecule has 7 nitrogen and oxygen atoms in total. The van der Waals surface area contributed by atoms with Crippen LogP contribution in [-0.4, -0.2) is 32.1 Å². The van der Waals surface area contributed by atoms with E-state index in [0.29, 0.717) is 14.6 Å². The van der Waals surface area contributed by atoms with Crippen LogP contribution in [0.5, 0.6) is 0 Å². The van der Waals surface area contributed by atoms with Crippen LogP contribution in [-0.2, 0) is 4.79 Å². The van der Waals surface area contributed by atoms with Crippen molar-refractivity contribution in [1.82, 2.24) is 20.4 Å². The Morgan fingerprint density at radius 3 is 2.68 bits per heavy atom. The summed E-state index contributed by atoms with van der Waals surface area (Å²) in [5, 5.41) is 19.9. The van der Waals surface area contributed by atoms with Gasteiger partial charge in [-0.05, 0) is 0 Å². The van der Waals surface area contributed by atoms with Crippen molar-refractivity contribution in [2.75, 3.05) is 16.8 Å². The van der Waals surface area contributed by atoms with Gasteiger partial charge in [0, 0.05) is 5.56 Å². The number of carbonyl (C=O) groups is 1. The van der Waals surface area contributed by atoms with Crippen LogP contribution in [0.4, 0.5) is 10.3 Å². The van der Waals surface area contributed by atoms with E-state index in [-0.39, 0.29) is 11.7 Å². The first kappa shape index (κ1) is 14.9. The van der Waals surface area contributed by atoms with Crippen molar-refractivity contribution in [3.63, 3.8) is 0 Å². The van der Waals surface area contributed by atoms with Crippen LogP contribution in [0, 0.1) is 0 Å². The van der Waals surface area contributed by atoms with E-state index in [4.69, 9.17) is 5.73 Å². The second-order valence-corrected chi connectivity index (χ2v) is 7.23. The van der Waals surface area contributed by atoms with Crippen LogP contribution in [0.2, 0.25) is 0 Å². The molecule has 0 atom stereocenters. The summed E-state index contributed by atoms with van der Waals surface area (Å²) in [6.45, 7) is 0. The van der Waals surface area contributed by atoms with Crippen LogP contribution in [0.25, 0.3) is 10.6 Å². The Labute approximate surface area is 138 Å². The molecule has 3 rings (SSSR count). The van der Waals surface area contributed by atoms with Gasteiger partial charge in [-0.25, -0.2) is 0 Å². The smallest absolute Gasteiger partial charge is 0.236 e. The molecule has 0 saturated carbocycles. The number of rotatable bonds is 5. The molecule has 1 amide bonds. The molecule has 0 aliphatic rings. The predicted molar refractivity (Wildman–Crippen MR) is 89.0 cm³/mol. The molecule has 10 heteroatoms. The predicted octanol–water partition coefficient (Wildman–Crippen LogP) is 2.37. The summed E-state index contributed by atoms with van der Waals surface area (Å²) in [7, 11) is 0. The highest BCUT2D eigenvalue weighted by Crippen LogP contribution is 2.27. The minimum Gasteiger partial charge on any atom is -0.374 e. The Hall–Kier alpha value is -2.04. The number of nitrogen functional groups attached to an aromatic ring is 1. The molecule has 0 spiro atoms.